The summed E-state index contributed by atoms with van der Waals surface area (Å²) in [7, 11) is 1.97. The fraction of sp³-hybridized carbons (Fsp3) is 0.857. The van der Waals surface area contributed by atoms with E-state index in [0.717, 1.165) is 31.3 Å². The molecular weight excluding hydrogens is 240 g/mol. The third kappa shape index (κ3) is 3.47. The number of anilines is 1. The van der Waals surface area contributed by atoms with Crippen LogP contribution in [0.15, 0.2) is 4.52 Å². The first-order chi connectivity index (χ1) is 9.26. The first kappa shape index (κ1) is 14.3. The van der Waals surface area contributed by atoms with Crippen molar-refractivity contribution in [3.63, 3.8) is 0 Å². The van der Waals surface area contributed by atoms with E-state index in [0.29, 0.717) is 12.0 Å². The zero-order valence-corrected chi connectivity index (χ0v) is 12.4. The normalized spacial score (nSPS) is 20.1. The van der Waals surface area contributed by atoms with E-state index in [2.05, 4.69) is 34.2 Å². The lowest BCUT2D eigenvalue weighted by Crippen LogP contribution is -2.29. The molecule has 0 aliphatic carbocycles. The van der Waals surface area contributed by atoms with Gasteiger partial charge in [-0.3, -0.25) is 0 Å². The maximum Gasteiger partial charge on any atom is 0.266 e. The largest absolute Gasteiger partial charge is 0.338 e. The van der Waals surface area contributed by atoms with Crippen LogP contribution in [0.3, 0.4) is 0 Å². The predicted octanol–water partition coefficient (Wildman–Crippen LogP) is 2.55. The van der Waals surface area contributed by atoms with E-state index < -0.39 is 0 Å². The lowest BCUT2D eigenvalue weighted by Gasteiger charge is -2.18. The summed E-state index contributed by atoms with van der Waals surface area (Å²) in [5.74, 6) is 1.83. The highest BCUT2D eigenvalue weighted by Crippen LogP contribution is 2.24. The Kier molecular flexibility index (Phi) is 5.19. The van der Waals surface area contributed by atoms with E-state index in [-0.39, 0.29) is 0 Å². The molecule has 0 radical (unpaired) electrons. The molecule has 0 amide bonds. The molecule has 2 unspecified atom stereocenters. The molecule has 2 atom stereocenters. The van der Waals surface area contributed by atoms with E-state index in [4.69, 9.17) is 4.52 Å². The van der Waals surface area contributed by atoms with Gasteiger partial charge in [0, 0.05) is 19.1 Å². The highest BCUT2D eigenvalue weighted by atomic mass is 16.5. The van der Waals surface area contributed by atoms with Crippen molar-refractivity contribution in [2.45, 2.75) is 57.9 Å². The minimum atomic E-state index is 0.290. The Labute approximate surface area is 115 Å². The smallest absolute Gasteiger partial charge is 0.266 e. The quantitative estimate of drug-likeness (QED) is 0.887. The minimum absolute atomic E-state index is 0.290. The number of aromatic nitrogens is 2. The lowest BCUT2D eigenvalue weighted by molar-refractivity contribution is 0.321. The molecule has 0 aromatic carbocycles. The molecule has 1 saturated heterocycles. The number of hydrogen-bond donors (Lipinski definition) is 1. The van der Waals surface area contributed by atoms with Crippen molar-refractivity contribution >= 4 is 5.95 Å². The summed E-state index contributed by atoms with van der Waals surface area (Å²) in [6, 6.07) is 0.349. The molecule has 2 rings (SSSR count). The Balaban J connectivity index is 2.08. The monoisotopic (exact) mass is 266 g/mol. The van der Waals surface area contributed by atoms with Gasteiger partial charge in [0.25, 0.3) is 5.95 Å². The van der Waals surface area contributed by atoms with Crippen LogP contribution in [-0.2, 0) is 0 Å². The van der Waals surface area contributed by atoms with Crippen LogP contribution in [0, 0.1) is 0 Å². The van der Waals surface area contributed by atoms with Crippen LogP contribution < -0.4 is 10.2 Å². The predicted molar refractivity (Wildman–Crippen MR) is 76.5 cm³/mol. The highest BCUT2D eigenvalue weighted by molar-refractivity contribution is 5.28. The van der Waals surface area contributed by atoms with Crippen molar-refractivity contribution in [1.82, 2.24) is 15.5 Å². The van der Waals surface area contributed by atoms with Crippen LogP contribution in [-0.4, -0.2) is 36.3 Å². The zero-order chi connectivity index (χ0) is 13.7. The molecule has 1 aliphatic rings. The number of rotatable bonds is 5. The average molecular weight is 266 g/mol. The molecule has 1 N–H and O–H groups in total. The van der Waals surface area contributed by atoms with Gasteiger partial charge >= 0.3 is 0 Å². The molecule has 5 nitrogen and oxygen atoms in total. The standard InChI is InChI=1S/C14H26N4O/c1-4-12(11(2)15-3)13-16-14(17-19-13)18-9-7-5-6-8-10-18/h11-12,15H,4-10H2,1-3H3. The topological polar surface area (TPSA) is 54.2 Å². The van der Waals surface area contributed by atoms with Gasteiger partial charge in [-0.15, -0.1) is 0 Å². The van der Waals surface area contributed by atoms with Crippen molar-refractivity contribution in [2.75, 3.05) is 25.0 Å². The molecule has 1 aliphatic heterocycles. The van der Waals surface area contributed by atoms with Crippen LogP contribution in [0.1, 0.15) is 57.8 Å². The molecular formula is C14H26N4O. The van der Waals surface area contributed by atoms with E-state index in [9.17, 15) is 0 Å². The zero-order valence-electron chi connectivity index (χ0n) is 12.4. The second-order valence-corrected chi connectivity index (χ2v) is 5.43. The number of hydrogen-bond acceptors (Lipinski definition) is 5. The Bertz CT molecular complexity index is 371. The molecule has 19 heavy (non-hydrogen) atoms. The maximum absolute atomic E-state index is 5.49. The van der Waals surface area contributed by atoms with Gasteiger partial charge in [-0.1, -0.05) is 19.8 Å². The summed E-state index contributed by atoms with van der Waals surface area (Å²) in [5, 5.41) is 7.45. The van der Waals surface area contributed by atoms with Gasteiger partial charge in [-0.2, -0.15) is 4.98 Å². The van der Waals surface area contributed by atoms with Gasteiger partial charge in [0.05, 0.1) is 5.92 Å². The lowest BCUT2D eigenvalue weighted by atomic mass is 9.98. The Morgan fingerprint density at radius 2 is 1.95 bits per heavy atom. The number of nitrogens with zero attached hydrogens (tertiary/aromatic N) is 3. The molecule has 1 fully saturated rings. The fourth-order valence-corrected chi connectivity index (χ4v) is 2.72. The fourth-order valence-electron chi connectivity index (χ4n) is 2.72. The summed E-state index contributed by atoms with van der Waals surface area (Å²) in [4.78, 5) is 6.88. The summed E-state index contributed by atoms with van der Waals surface area (Å²) >= 11 is 0. The van der Waals surface area contributed by atoms with Crippen molar-refractivity contribution in [3.8, 4) is 0 Å². The van der Waals surface area contributed by atoms with E-state index in [1.807, 2.05) is 7.05 Å². The molecule has 2 heterocycles. The van der Waals surface area contributed by atoms with E-state index in [1.54, 1.807) is 0 Å². The second kappa shape index (κ2) is 6.89. The molecule has 0 saturated carbocycles. The summed E-state index contributed by atoms with van der Waals surface area (Å²) in [6.45, 7) is 6.42. The van der Waals surface area contributed by atoms with Crippen molar-refractivity contribution < 1.29 is 4.52 Å². The van der Waals surface area contributed by atoms with Crippen LogP contribution in [0.4, 0.5) is 5.95 Å². The molecule has 0 bridgehead atoms. The molecule has 108 valence electrons. The summed E-state index contributed by atoms with van der Waals surface area (Å²) < 4.78 is 5.49. The van der Waals surface area contributed by atoms with Crippen LogP contribution >= 0.6 is 0 Å². The van der Waals surface area contributed by atoms with Gasteiger partial charge in [-0.25, -0.2) is 0 Å². The molecule has 5 heteroatoms. The second-order valence-electron chi connectivity index (χ2n) is 5.43. The Morgan fingerprint density at radius 1 is 1.26 bits per heavy atom. The van der Waals surface area contributed by atoms with Gasteiger partial charge in [0.15, 0.2) is 0 Å². The average Bonchev–Trinajstić information content (AvgIpc) is 2.74. The minimum Gasteiger partial charge on any atom is -0.338 e. The number of nitrogens with one attached hydrogen (secondary N) is 1. The molecule has 1 aromatic heterocycles. The van der Waals surface area contributed by atoms with Crippen molar-refractivity contribution in [2.24, 2.45) is 0 Å². The maximum atomic E-state index is 5.49. The third-order valence-corrected chi connectivity index (χ3v) is 4.14. The van der Waals surface area contributed by atoms with Gasteiger partial charge in [-0.05, 0) is 38.4 Å². The Morgan fingerprint density at radius 3 is 2.53 bits per heavy atom. The first-order valence-corrected chi connectivity index (χ1v) is 7.52. The molecule has 0 spiro atoms. The van der Waals surface area contributed by atoms with Gasteiger partial charge < -0.3 is 14.7 Å². The van der Waals surface area contributed by atoms with Crippen molar-refractivity contribution in [1.29, 1.82) is 0 Å². The highest BCUT2D eigenvalue weighted by Gasteiger charge is 2.24. The van der Waals surface area contributed by atoms with Gasteiger partial charge in [0.2, 0.25) is 5.89 Å². The number of likely N-dealkylation sites (N-methyl/N-ethyl adjacent to an activating group) is 1. The SMILES string of the molecule is CCC(c1nc(N2CCCCCC2)no1)C(C)NC. The van der Waals surface area contributed by atoms with Gasteiger partial charge in [0.1, 0.15) is 0 Å². The van der Waals surface area contributed by atoms with Crippen molar-refractivity contribution in [3.05, 3.63) is 5.89 Å². The van der Waals surface area contributed by atoms with E-state index >= 15 is 0 Å². The summed E-state index contributed by atoms with van der Waals surface area (Å²) in [6.07, 6.45) is 6.09. The molecule has 1 aromatic rings. The Hall–Kier alpha value is -1.10. The van der Waals surface area contributed by atoms with Crippen LogP contribution in [0.25, 0.3) is 0 Å². The van der Waals surface area contributed by atoms with Crippen LogP contribution in [0.2, 0.25) is 0 Å². The summed E-state index contributed by atoms with van der Waals surface area (Å²) in [5.41, 5.74) is 0. The first-order valence-electron chi connectivity index (χ1n) is 7.52. The van der Waals surface area contributed by atoms with Crippen LogP contribution in [0.5, 0.6) is 0 Å². The third-order valence-electron chi connectivity index (χ3n) is 4.14. The van der Waals surface area contributed by atoms with E-state index in [1.165, 1.54) is 25.7 Å².